The van der Waals surface area contributed by atoms with Gasteiger partial charge in [-0.1, -0.05) is 17.8 Å². The average Bonchev–Trinajstić information content (AvgIpc) is 2.42. The van der Waals surface area contributed by atoms with Crippen LogP contribution in [0.25, 0.3) is 0 Å². The molecule has 1 aromatic heterocycles. The van der Waals surface area contributed by atoms with E-state index in [2.05, 4.69) is 4.98 Å². The van der Waals surface area contributed by atoms with Gasteiger partial charge < -0.3 is 9.67 Å². The number of benzene rings is 1. The normalized spacial score (nSPS) is 10.9. The molecule has 0 aliphatic heterocycles. The Hall–Kier alpha value is -2.08. The fourth-order valence-electron chi connectivity index (χ4n) is 1.89. The zero-order valence-electron chi connectivity index (χ0n) is 12.0. The van der Waals surface area contributed by atoms with Crippen molar-refractivity contribution in [3.05, 3.63) is 52.1 Å². The topological polar surface area (TPSA) is 72.2 Å². The van der Waals surface area contributed by atoms with Crippen molar-refractivity contribution in [2.24, 2.45) is 0 Å². The summed E-state index contributed by atoms with van der Waals surface area (Å²) in [4.78, 5) is 28.2. The van der Waals surface area contributed by atoms with Gasteiger partial charge in [-0.3, -0.25) is 4.79 Å². The molecular weight excluding hydrogens is 288 g/mol. The lowest BCUT2D eigenvalue weighted by atomic mass is 10.1. The van der Waals surface area contributed by atoms with Crippen molar-refractivity contribution < 1.29 is 9.90 Å². The minimum atomic E-state index is -0.976. The van der Waals surface area contributed by atoms with Crippen LogP contribution in [0.3, 0.4) is 0 Å². The lowest BCUT2D eigenvalue weighted by Gasteiger charge is -2.10. The molecule has 0 saturated carbocycles. The molecule has 6 heteroatoms. The minimum absolute atomic E-state index is 0.0486. The molecule has 0 aliphatic rings. The molecule has 0 unspecified atom stereocenters. The number of rotatable bonds is 4. The highest BCUT2D eigenvalue weighted by Crippen LogP contribution is 2.26. The zero-order chi connectivity index (χ0) is 15.6. The summed E-state index contributed by atoms with van der Waals surface area (Å²) in [5.41, 5.74) is 0.752. The van der Waals surface area contributed by atoms with E-state index >= 15 is 0 Å². The third-order valence-electron chi connectivity index (χ3n) is 3.05. The van der Waals surface area contributed by atoms with Gasteiger partial charge in [0.2, 0.25) is 0 Å². The minimum Gasteiger partial charge on any atom is -0.478 e. The largest absolute Gasteiger partial charge is 0.478 e. The zero-order valence-corrected chi connectivity index (χ0v) is 12.8. The number of hydrogen-bond acceptors (Lipinski definition) is 4. The summed E-state index contributed by atoms with van der Waals surface area (Å²) in [6.45, 7) is 5.58. The van der Waals surface area contributed by atoms with Crippen molar-refractivity contribution in [1.82, 2.24) is 9.55 Å². The number of hydrogen-bond donors (Lipinski definition) is 1. The quantitative estimate of drug-likeness (QED) is 0.940. The smallest absolute Gasteiger partial charge is 0.335 e. The first-order valence-electron chi connectivity index (χ1n) is 6.49. The second kappa shape index (κ2) is 6.13. The molecule has 0 bridgehead atoms. The number of aryl methyl sites for hydroxylation is 1. The van der Waals surface area contributed by atoms with Gasteiger partial charge in [-0.05, 0) is 38.5 Å². The van der Waals surface area contributed by atoms with E-state index in [1.165, 1.54) is 11.8 Å². The SMILES string of the molecule is Cc1ccc(Sc2nccn(C(C)C)c2=O)cc1C(=O)O. The van der Waals surface area contributed by atoms with E-state index in [4.69, 9.17) is 5.11 Å². The lowest BCUT2D eigenvalue weighted by Crippen LogP contribution is -2.23. The van der Waals surface area contributed by atoms with Crippen molar-refractivity contribution in [3.63, 3.8) is 0 Å². The van der Waals surface area contributed by atoms with E-state index < -0.39 is 5.97 Å². The molecule has 1 N–H and O–H groups in total. The molecule has 0 saturated heterocycles. The highest BCUT2D eigenvalue weighted by molar-refractivity contribution is 7.99. The monoisotopic (exact) mass is 304 g/mol. The summed E-state index contributed by atoms with van der Waals surface area (Å²) in [7, 11) is 0. The fourth-order valence-corrected chi connectivity index (χ4v) is 2.73. The summed E-state index contributed by atoms with van der Waals surface area (Å²) in [5.74, 6) is -0.976. The Morgan fingerprint density at radius 3 is 2.71 bits per heavy atom. The van der Waals surface area contributed by atoms with Gasteiger partial charge in [0.1, 0.15) is 0 Å². The molecular formula is C15H16N2O3S. The second-order valence-corrected chi connectivity index (χ2v) is 5.98. The third kappa shape index (κ3) is 3.33. The maximum absolute atomic E-state index is 12.3. The summed E-state index contributed by atoms with van der Waals surface area (Å²) in [6, 6.07) is 5.14. The van der Waals surface area contributed by atoms with Gasteiger partial charge in [0.05, 0.1) is 5.56 Å². The highest BCUT2D eigenvalue weighted by atomic mass is 32.2. The van der Waals surface area contributed by atoms with Crippen LogP contribution in [0.4, 0.5) is 0 Å². The molecule has 0 amide bonds. The lowest BCUT2D eigenvalue weighted by molar-refractivity contribution is 0.0696. The Morgan fingerprint density at radius 2 is 2.10 bits per heavy atom. The maximum atomic E-state index is 12.3. The van der Waals surface area contributed by atoms with Crippen LogP contribution >= 0.6 is 11.8 Å². The summed E-state index contributed by atoms with van der Waals surface area (Å²) < 4.78 is 1.60. The summed E-state index contributed by atoms with van der Waals surface area (Å²) in [5, 5.41) is 9.48. The van der Waals surface area contributed by atoms with Crippen molar-refractivity contribution >= 4 is 17.7 Å². The molecule has 0 fully saturated rings. The number of aromatic nitrogens is 2. The van der Waals surface area contributed by atoms with Crippen LogP contribution in [0.1, 0.15) is 35.8 Å². The molecule has 2 aromatic rings. The number of aromatic carboxylic acids is 1. The van der Waals surface area contributed by atoms with E-state index in [0.29, 0.717) is 15.5 Å². The predicted octanol–water partition coefficient (Wildman–Crippen LogP) is 2.98. The van der Waals surface area contributed by atoms with Crippen LogP contribution in [0.5, 0.6) is 0 Å². The van der Waals surface area contributed by atoms with Gasteiger partial charge in [0, 0.05) is 23.3 Å². The van der Waals surface area contributed by atoms with Gasteiger partial charge in [-0.25, -0.2) is 9.78 Å². The van der Waals surface area contributed by atoms with Gasteiger partial charge in [0.25, 0.3) is 5.56 Å². The van der Waals surface area contributed by atoms with Gasteiger partial charge >= 0.3 is 5.97 Å². The molecule has 1 aromatic carbocycles. The predicted molar refractivity (Wildman–Crippen MR) is 81.1 cm³/mol. The summed E-state index contributed by atoms with van der Waals surface area (Å²) >= 11 is 1.18. The molecule has 0 aliphatic carbocycles. The highest BCUT2D eigenvalue weighted by Gasteiger charge is 2.12. The van der Waals surface area contributed by atoms with E-state index in [-0.39, 0.29) is 17.2 Å². The van der Waals surface area contributed by atoms with Crippen molar-refractivity contribution in [2.75, 3.05) is 0 Å². The second-order valence-electron chi connectivity index (χ2n) is 4.92. The van der Waals surface area contributed by atoms with Crippen LogP contribution in [0, 0.1) is 6.92 Å². The number of carboxylic acid groups (broad SMARTS) is 1. The first-order chi connectivity index (χ1) is 9.90. The van der Waals surface area contributed by atoms with E-state index in [1.54, 1.807) is 42.1 Å². The Morgan fingerprint density at radius 1 is 1.38 bits per heavy atom. The average molecular weight is 304 g/mol. The molecule has 0 spiro atoms. The first kappa shape index (κ1) is 15.3. The van der Waals surface area contributed by atoms with Crippen LogP contribution in [-0.2, 0) is 0 Å². The molecule has 2 rings (SSSR count). The van der Waals surface area contributed by atoms with E-state index in [0.717, 1.165) is 0 Å². The van der Waals surface area contributed by atoms with Crippen molar-refractivity contribution in [3.8, 4) is 0 Å². The number of nitrogens with zero attached hydrogens (tertiary/aromatic N) is 2. The fraction of sp³-hybridized carbons (Fsp3) is 0.267. The Labute approximate surface area is 126 Å². The van der Waals surface area contributed by atoms with Crippen LogP contribution < -0.4 is 5.56 Å². The summed E-state index contributed by atoms with van der Waals surface area (Å²) in [6.07, 6.45) is 3.23. The van der Waals surface area contributed by atoms with Crippen LogP contribution in [0.2, 0.25) is 0 Å². The van der Waals surface area contributed by atoms with Crippen LogP contribution in [0.15, 0.2) is 45.3 Å². The van der Waals surface area contributed by atoms with Crippen LogP contribution in [-0.4, -0.2) is 20.6 Å². The maximum Gasteiger partial charge on any atom is 0.335 e. The number of carbonyl (C=O) groups is 1. The van der Waals surface area contributed by atoms with Gasteiger partial charge in [-0.15, -0.1) is 0 Å². The molecule has 0 radical (unpaired) electrons. The van der Waals surface area contributed by atoms with Gasteiger partial charge in [0.15, 0.2) is 5.03 Å². The molecule has 0 atom stereocenters. The van der Waals surface area contributed by atoms with Crippen molar-refractivity contribution in [2.45, 2.75) is 36.7 Å². The first-order valence-corrected chi connectivity index (χ1v) is 7.30. The Kier molecular flexibility index (Phi) is 4.47. The molecule has 110 valence electrons. The van der Waals surface area contributed by atoms with E-state index in [9.17, 15) is 9.59 Å². The van der Waals surface area contributed by atoms with E-state index in [1.807, 2.05) is 13.8 Å². The number of carboxylic acids is 1. The van der Waals surface area contributed by atoms with Gasteiger partial charge in [-0.2, -0.15) is 0 Å². The molecule has 1 heterocycles. The third-order valence-corrected chi connectivity index (χ3v) is 4.01. The standard InChI is InChI=1S/C15H16N2O3S/c1-9(2)17-7-6-16-13(14(17)18)21-11-5-4-10(3)12(8-11)15(19)20/h4-9H,1-3H3,(H,19,20). The van der Waals surface area contributed by atoms with Crippen molar-refractivity contribution in [1.29, 1.82) is 0 Å². The molecule has 21 heavy (non-hydrogen) atoms. The molecule has 5 nitrogen and oxygen atoms in total. The Balaban J connectivity index is 2.39. The Bertz CT molecular complexity index is 738.